The number of esters is 1. The Morgan fingerprint density at radius 2 is 1.62 bits per heavy atom. The number of rotatable bonds is 16. The molecule has 4 aliphatic heterocycles. The molecule has 13 heteroatoms. The van der Waals surface area contributed by atoms with Crippen molar-refractivity contribution < 1.29 is 29.3 Å². The molecule has 1 aromatic heterocycles. The summed E-state index contributed by atoms with van der Waals surface area (Å²) in [6, 6.07) is 32.8. The first kappa shape index (κ1) is 44.3. The molecule has 0 saturated carbocycles. The van der Waals surface area contributed by atoms with E-state index in [4.69, 9.17) is 4.74 Å². The predicted molar refractivity (Wildman–Crippen MR) is 242 cm³/mol. The number of aliphatic hydroxyl groups excluding tert-OH is 1. The lowest BCUT2D eigenvalue weighted by molar-refractivity contribution is -0.168. The molecule has 5 heterocycles. The van der Waals surface area contributed by atoms with Gasteiger partial charge in [-0.2, -0.15) is 5.26 Å². The number of nitrogens with one attached hydrogen (secondary N) is 2. The lowest BCUT2D eigenvalue weighted by Gasteiger charge is -2.46. The van der Waals surface area contributed by atoms with Gasteiger partial charge in [0, 0.05) is 50.7 Å². The van der Waals surface area contributed by atoms with Gasteiger partial charge < -0.3 is 35.1 Å². The van der Waals surface area contributed by atoms with Gasteiger partial charge in [-0.05, 0) is 110 Å². The summed E-state index contributed by atoms with van der Waals surface area (Å²) in [7, 11) is 0. The average molecular weight is 865 g/mol. The number of hydrogen-bond donors (Lipinski definition) is 4. The molecule has 2 atom stereocenters. The molecule has 9 rings (SSSR count). The Balaban J connectivity index is 0.851. The van der Waals surface area contributed by atoms with Crippen molar-refractivity contribution in [2.24, 2.45) is 5.92 Å². The van der Waals surface area contributed by atoms with E-state index >= 15 is 0 Å². The van der Waals surface area contributed by atoms with Crippen molar-refractivity contribution in [3.8, 4) is 11.8 Å². The zero-order valence-electron chi connectivity index (χ0n) is 36.1. The standard InChI is InChI=1S/C51H56N6O7/c52-31-37-6-4-7-38(28-37)33-57(23-5-22-53-32-44(59)41-14-16-43(58)49-42(41)15-17-46(60)54-49)48(62)30-36-12-10-35(11-13-36)29-47(61)56-26-20-51(21-27-56,40-8-2-1-3-9-40)50(63)64-45-34-55-24-18-39(45)19-25-55/h1-4,6-17,28,39,44-45,53,58-59H,5,18-27,29-30,32-34H2,(H,54,60). The molecule has 2 unspecified atom stereocenters. The molecule has 332 valence electrons. The van der Waals surface area contributed by atoms with Crippen molar-refractivity contribution in [3.63, 3.8) is 0 Å². The summed E-state index contributed by atoms with van der Waals surface area (Å²) in [6.45, 7) is 5.32. The molecule has 4 aliphatic rings. The fourth-order valence-corrected chi connectivity index (χ4v) is 9.69. The maximum Gasteiger partial charge on any atom is 0.317 e. The quantitative estimate of drug-likeness (QED) is 0.0768. The molecule has 2 amide bonds. The Hall–Kier alpha value is -6.33. The number of fused-ring (bicyclic) bond motifs is 4. The summed E-state index contributed by atoms with van der Waals surface area (Å²) < 4.78 is 6.33. The van der Waals surface area contributed by atoms with Crippen LogP contribution in [-0.4, -0.2) is 106 Å². The van der Waals surface area contributed by atoms with Crippen LogP contribution in [-0.2, 0) is 43.9 Å². The van der Waals surface area contributed by atoms with Crippen LogP contribution in [0.5, 0.6) is 5.75 Å². The number of carbonyl (C=O) groups is 3. The molecule has 5 aromatic rings. The molecule has 0 aliphatic carbocycles. The molecule has 4 N–H and O–H groups in total. The van der Waals surface area contributed by atoms with E-state index in [1.54, 1.807) is 35.2 Å². The largest absolute Gasteiger partial charge is 0.506 e. The number of H-pyrrole nitrogens is 1. The first-order valence-corrected chi connectivity index (χ1v) is 22.4. The highest BCUT2D eigenvalue weighted by molar-refractivity contribution is 5.87. The van der Waals surface area contributed by atoms with E-state index in [1.165, 1.54) is 12.1 Å². The van der Waals surface area contributed by atoms with E-state index in [-0.39, 0.29) is 60.1 Å². The van der Waals surface area contributed by atoms with E-state index < -0.39 is 11.5 Å². The van der Waals surface area contributed by atoms with Crippen molar-refractivity contribution in [2.75, 3.05) is 52.4 Å². The number of aromatic nitrogens is 1. The summed E-state index contributed by atoms with van der Waals surface area (Å²) in [5.74, 6) is 0.0808. The SMILES string of the molecule is N#Cc1cccc(CN(CCCNCC(O)c2ccc(O)c3[nH]c(=O)ccc23)C(=O)Cc2ccc(CC(=O)N3CCC(C(=O)OC4CN5CCC4CC5)(c4ccccc4)CC3)cc2)c1. The number of pyridine rings is 1. The number of phenols is 1. The molecular weight excluding hydrogens is 809 g/mol. The number of nitriles is 1. The van der Waals surface area contributed by atoms with Gasteiger partial charge in [0.2, 0.25) is 17.4 Å². The number of amides is 2. The van der Waals surface area contributed by atoms with Crippen LogP contribution >= 0.6 is 0 Å². The van der Waals surface area contributed by atoms with E-state index in [0.717, 1.165) is 54.7 Å². The fraction of sp³-hybridized carbons (Fsp3) is 0.392. The van der Waals surface area contributed by atoms with Gasteiger partial charge >= 0.3 is 5.97 Å². The topological polar surface area (TPSA) is 179 Å². The number of aromatic hydroxyl groups is 1. The number of hydrogen-bond acceptors (Lipinski definition) is 10. The maximum absolute atomic E-state index is 14.1. The third-order valence-electron chi connectivity index (χ3n) is 13.4. The average Bonchev–Trinajstić information content (AvgIpc) is 3.32. The Labute approximate surface area is 373 Å². The molecule has 4 fully saturated rings. The highest BCUT2D eigenvalue weighted by Crippen LogP contribution is 2.39. The van der Waals surface area contributed by atoms with Gasteiger partial charge in [-0.1, -0.05) is 72.8 Å². The number of nitrogens with zero attached hydrogens (tertiary/aromatic N) is 4. The Kier molecular flexibility index (Phi) is 13.9. The van der Waals surface area contributed by atoms with Gasteiger partial charge in [-0.3, -0.25) is 24.1 Å². The number of ether oxygens (including phenoxy) is 1. The number of aliphatic hydroxyl groups is 1. The van der Waals surface area contributed by atoms with Gasteiger partial charge in [0.1, 0.15) is 11.9 Å². The van der Waals surface area contributed by atoms with E-state index in [0.29, 0.717) is 74.4 Å². The minimum atomic E-state index is -0.909. The first-order valence-electron chi connectivity index (χ1n) is 22.4. The summed E-state index contributed by atoms with van der Waals surface area (Å²) >= 11 is 0. The minimum absolute atomic E-state index is 0.00379. The number of phenolic OH excluding ortho intramolecular Hbond substituents is 1. The van der Waals surface area contributed by atoms with Crippen LogP contribution in [0.3, 0.4) is 0 Å². The zero-order valence-corrected chi connectivity index (χ0v) is 36.1. The number of likely N-dealkylation sites (tertiary alicyclic amines) is 1. The smallest absolute Gasteiger partial charge is 0.317 e. The number of piperidine rings is 4. The van der Waals surface area contributed by atoms with Crippen LogP contribution in [0.25, 0.3) is 10.9 Å². The van der Waals surface area contributed by atoms with Crippen molar-refractivity contribution in [2.45, 2.75) is 69.1 Å². The summed E-state index contributed by atoms with van der Waals surface area (Å²) in [5, 5.41) is 34.5. The van der Waals surface area contributed by atoms with Gasteiger partial charge in [0.25, 0.3) is 0 Å². The van der Waals surface area contributed by atoms with Gasteiger partial charge in [0.15, 0.2) is 0 Å². The van der Waals surface area contributed by atoms with Gasteiger partial charge in [0.05, 0.1) is 41.5 Å². The van der Waals surface area contributed by atoms with Gasteiger partial charge in [-0.15, -0.1) is 0 Å². The van der Waals surface area contributed by atoms with Crippen LogP contribution in [0.2, 0.25) is 0 Å². The van der Waals surface area contributed by atoms with Crippen molar-refractivity contribution in [1.82, 2.24) is 25.0 Å². The molecule has 0 spiro atoms. The Morgan fingerprint density at radius 1 is 0.891 bits per heavy atom. The first-order chi connectivity index (χ1) is 31.1. The third-order valence-corrected chi connectivity index (χ3v) is 13.4. The molecular formula is C51H56N6O7. The van der Waals surface area contributed by atoms with Crippen LogP contribution in [0, 0.1) is 17.2 Å². The Morgan fingerprint density at radius 3 is 2.33 bits per heavy atom. The second-order valence-electron chi connectivity index (χ2n) is 17.6. The highest BCUT2D eigenvalue weighted by atomic mass is 16.5. The van der Waals surface area contributed by atoms with Crippen LogP contribution in [0.4, 0.5) is 0 Å². The molecule has 2 bridgehead atoms. The predicted octanol–water partition coefficient (Wildman–Crippen LogP) is 5.13. The Bertz CT molecular complexity index is 2540. The molecule has 13 nitrogen and oxygen atoms in total. The lowest BCUT2D eigenvalue weighted by Crippen LogP contribution is -2.55. The van der Waals surface area contributed by atoms with E-state index in [1.807, 2.05) is 65.6 Å². The monoisotopic (exact) mass is 864 g/mol. The molecule has 64 heavy (non-hydrogen) atoms. The normalized spacial score (nSPS) is 19.4. The molecule has 4 saturated heterocycles. The third kappa shape index (κ3) is 10.2. The maximum atomic E-state index is 14.1. The second kappa shape index (κ2) is 20.0. The van der Waals surface area contributed by atoms with Crippen LogP contribution in [0.1, 0.15) is 71.6 Å². The van der Waals surface area contributed by atoms with Crippen LogP contribution < -0.4 is 10.9 Å². The van der Waals surface area contributed by atoms with E-state index in [9.17, 15) is 34.7 Å². The minimum Gasteiger partial charge on any atom is -0.506 e. The highest BCUT2D eigenvalue weighted by Gasteiger charge is 2.47. The molecule has 4 aromatic carbocycles. The number of carbonyl (C=O) groups excluding carboxylic acids is 3. The molecule has 0 radical (unpaired) electrons. The lowest BCUT2D eigenvalue weighted by atomic mass is 9.72. The van der Waals surface area contributed by atoms with E-state index in [2.05, 4.69) is 21.3 Å². The fourth-order valence-electron chi connectivity index (χ4n) is 9.69. The summed E-state index contributed by atoms with van der Waals surface area (Å²) in [5.41, 5.74) is 3.64. The van der Waals surface area contributed by atoms with Crippen LogP contribution in [0.15, 0.2) is 108 Å². The number of aromatic amines is 1. The second-order valence-corrected chi connectivity index (χ2v) is 17.6. The summed E-state index contributed by atoms with van der Waals surface area (Å²) in [4.78, 5) is 62.1. The number of benzene rings is 4. The van der Waals surface area contributed by atoms with Crippen molar-refractivity contribution >= 4 is 28.7 Å². The van der Waals surface area contributed by atoms with Crippen molar-refractivity contribution in [3.05, 3.63) is 147 Å². The summed E-state index contributed by atoms with van der Waals surface area (Å²) in [6.07, 6.45) is 3.09. The van der Waals surface area contributed by atoms with Crippen molar-refractivity contribution in [1.29, 1.82) is 5.26 Å². The van der Waals surface area contributed by atoms with Gasteiger partial charge in [-0.25, -0.2) is 0 Å². The zero-order chi connectivity index (χ0) is 44.6.